The number of aromatic nitrogens is 1. The van der Waals surface area contributed by atoms with Crippen molar-refractivity contribution in [1.29, 1.82) is 10.5 Å². The van der Waals surface area contributed by atoms with Gasteiger partial charge in [-0.1, -0.05) is 26.0 Å². The SMILES string of the molecule is CCn1c(=O)/c(=C\Nc2cccc(CCN3CC(C)CC(C)C3)c2)s/c1=C(/C#N)C(=O)NCC#N. The quantitative estimate of drug-likeness (QED) is 0.542. The van der Waals surface area contributed by atoms with Crippen molar-refractivity contribution < 1.29 is 4.79 Å². The summed E-state index contributed by atoms with van der Waals surface area (Å²) in [5, 5.41) is 23.8. The number of hydrogen-bond acceptors (Lipinski definition) is 7. The van der Waals surface area contributed by atoms with Crippen LogP contribution in [0.4, 0.5) is 5.69 Å². The van der Waals surface area contributed by atoms with Crippen molar-refractivity contribution in [1.82, 2.24) is 14.8 Å². The summed E-state index contributed by atoms with van der Waals surface area (Å²) < 4.78 is 2.08. The van der Waals surface area contributed by atoms with E-state index >= 15 is 0 Å². The average molecular weight is 493 g/mol. The van der Waals surface area contributed by atoms with Gasteiger partial charge >= 0.3 is 0 Å². The smallest absolute Gasteiger partial charge is 0.270 e. The van der Waals surface area contributed by atoms with Crippen molar-refractivity contribution in [2.24, 2.45) is 11.8 Å². The zero-order chi connectivity index (χ0) is 25.4. The predicted molar refractivity (Wildman–Crippen MR) is 139 cm³/mol. The van der Waals surface area contributed by atoms with E-state index in [9.17, 15) is 14.9 Å². The van der Waals surface area contributed by atoms with Gasteiger partial charge < -0.3 is 15.5 Å². The topological polar surface area (TPSA) is 114 Å². The Morgan fingerprint density at radius 3 is 2.66 bits per heavy atom. The lowest BCUT2D eigenvalue weighted by molar-refractivity contribution is -0.115. The first kappa shape index (κ1) is 26.2. The number of carbonyl (C=O) groups excluding carboxylic acids is 1. The van der Waals surface area contributed by atoms with E-state index in [-0.39, 0.29) is 22.3 Å². The van der Waals surface area contributed by atoms with Crippen molar-refractivity contribution in [3.05, 3.63) is 49.4 Å². The molecule has 2 N–H and O–H groups in total. The second-order valence-corrected chi connectivity index (χ2v) is 10.1. The molecule has 0 aliphatic carbocycles. The van der Waals surface area contributed by atoms with Gasteiger partial charge in [0.05, 0.1) is 6.07 Å². The molecule has 0 spiro atoms. The van der Waals surface area contributed by atoms with E-state index in [4.69, 9.17) is 5.26 Å². The van der Waals surface area contributed by atoms with Crippen LogP contribution in [-0.4, -0.2) is 41.6 Å². The molecule has 1 amide bonds. The van der Waals surface area contributed by atoms with E-state index in [1.54, 1.807) is 13.1 Å². The monoisotopic (exact) mass is 492 g/mol. The number of carbonyl (C=O) groups is 1. The van der Waals surface area contributed by atoms with E-state index in [0.29, 0.717) is 11.1 Å². The molecule has 1 aliphatic rings. The van der Waals surface area contributed by atoms with Crippen LogP contribution >= 0.6 is 11.3 Å². The number of rotatable bonds is 8. The van der Waals surface area contributed by atoms with Crippen LogP contribution in [0.5, 0.6) is 0 Å². The van der Waals surface area contributed by atoms with Gasteiger partial charge in [-0.15, -0.1) is 11.3 Å². The molecule has 35 heavy (non-hydrogen) atoms. The Balaban J connectivity index is 1.80. The molecule has 2 aromatic rings. The van der Waals surface area contributed by atoms with Gasteiger partial charge in [0.1, 0.15) is 21.8 Å². The first-order valence-corrected chi connectivity index (χ1v) is 12.7. The maximum absolute atomic E-state index is 12.9. The van der Waals surface area contributed by atoms with Gasteiger partial charge in [0.25, 0.3) is 11.5 Å². The molecule has 0 radical (unpaired) electrons. The van der Waals surface area contributed by atoms with Gasteiger partial charge in [0.2, 0.25) is 0 Å². The zero-order valence-electron chi connectivity index (χ0n) is 20.5. The fourth-order valence-electron chi connectivity index (χ4n) is 4.62. The fourth-order valence-corrected chi connectivity index (χ4v) is 5.71. The van der Waals surface area contributed by atoms with Crippen molar-refractivity contribution in [2.45, 2.75) is 40.2 Å². The third kappa shape index (κ3) is 6.82. The minimum atomic E-state index is -0.665. The highest BCUT2D eigenvalue weighted by Gasteiger charge is 2.21. The number of nitriles is 2. The summed E-state index contributed by atoms with van der Waals surface area (Å²) in [5.41, 5.74) is 1.65. The molecule has 1 aliphatic heterocycles. The van der Waals surface area contributed by atoms with E-state index in [2.05, 4.69) is 41.5 Å². The average Bonchev–Trinajstić information content (AvgIpc) is 3.15. The van der Waals surface area contributed by atoms with Gasteiger partial charge in [-0.25, -0.2) is 0 Å². The van der Waals surface area contributed by atoms with E-state index in [0.717, 1.165) is 54.9 Å². The number of nitrogens with zero attached hydrogens (tertiary/aromatic N) is 4. The van der Waals surface area contributed by atoms with E-state index in [1.165, 1.54) is 16.6 Å². The maximum Gasteiger partial charge on any atom is 0.270 e. The zero-order valence-corrected chi connectivity index (χ0v) is 21.3. The Morgan fingerprint density at radius 2 is 2.00 bits per heavy atom. The number of hydrogen-bond donors (Lipinski definition) is 2. The molecule has 1 aromatic heterocycles. The van der Waals surface area contributed by atoms with Crippen LogP contribution in [0.2, 0.25) is 0 Å². The van der Waals surface area contributed by atoms with Crippen LogP contribution in [-0.2, 0) is 17.8 Å². The highest BCUT2D eigenvalue weighted by Crippen LogP contribution is 2.21. The first-order valence-electron chi connectivity index (χ1n) is 11.9. The molecule has 1 saturated heterocycles. The largest absolute Gasteiger partial charge is 0.360 e. The minimum Gasteiger partial charge on any atom is -0.360 e. The van der Waals surface area contributed by atoms with Crippen LogP contribution in [0.15, 0.2) is 29.1 Å². The van der Waals surface area contributed by atoms with E-state index < -0.39 is 5.91 Å². The summed E-state index contributed by atoms with van der Waals surface area (Å²) in [6.45, 7) is 9.86. The van der Waals surface area contributed by atoms with Gasteiger partial charge in [-0.3, -0.25) is 14.2 Å². The van der Waals surface area contributed by atoms with Gasteiger partial charge in [0.15, 0.2) is 5.57 Å². The Bertz CT molecular complexity index is 1300. The maximum atomic E-state index is 12.9. The van der Waals surface area contributed by atoms with Crippen LogP contribution < -0.4 is 25.4 Å². The number of amides is 1. The normalized spacial score (nSPS) is 19.5. The number of piperidine rings is 1. The second-order valence-electron chi connectivity index (χ2n) is 9.09. The number of nitrogens with one attached hydrogen (secondary N) is 2. The summed E-state index contributed by atoms with van der Waals surface area (Å²) >= 11 is 1.08. The molecule has 2 unspecified atom stereocenters. The van der Waals surface area contributed by atoms with Crippen molar-refractivity contribution in [2.75, 3.05) is 31.5 Å². The highest BCUT2D eigenvalue weighted by molar-refractivity contribution is 7.07. The molecule has 1 fully saturated rings. The number of anilines is 1. The molecule has 8 nitrogen and oxygen atoms in total. The minimum absolute atomic E-state index is 0.174. The van der Waals surface area contributed by atoms with Crippen LogP contribution in [0.3, 0.4) is 0 Å². The number of likely N-dealkylation sites (tertiary alicyclic amines) is 1. The molecule has 184 valence electrons. The van der Waals surface area contributed by atoms with E-state index in [1.807, 2.05) is 24.3 Å². The summed E-state index contributed by atoms with van der Waals surface area (Å²) in [6.07, 6.45) is 3.88. The predicted octanol–water partition coefficient (Wildman–Crippen LogP) is 1.61. The highest BCUT2D eigenvalue weighted by atomic mass is 32.1. The van der Waals surface area contributed by atoms with Crippen LogP contribution in [0.25, 0.3) is 11.8 Å². The Hall–Kier alpha value is -3.40. The molecular formula is C26H32N6O2S. The molecular weight excluding hydrogens is 460 g/mol. The van der Waals surface area contributed by atoms with Gasteiger partial charge in [-0.05, 0) is 49.3 Å². The molecule has 3 rings (SSSR count). The van der Waals surface area contributed by atoms with Crippen LogP contribution in [0.1, 0.15) is 32.8 Å². The molecule has 2 atom stereocenters. The Morgan fingerprint density at radius 1 is 1.26 bits per heavy atom. The molecule has 2 heterocycles. The first-order chi connectivity index (χ1) is 16.9. The van der Waals surface area contributed by atoms with Crippen molar-refractivity contribution in [3.8, 4) is 12.1 Å². The molecule has 9 heteroatoms. The fraction of sp³-hybridized carbons (Fsp3) is 0.462. The van der Waals surface area contributed by atoms with Crippen molar-refractivity contribution in [3.63, 3.8) is 0 Å². The van der Waals surface area contributed by atoms with Gasteiger partial charge in [0, 0.05) is 38.1 Å². The Kier molecular flexibility index (Phi) is 9.25. The second kappa shape index (κ2) is 12.3. The number of thiazole rings is 1. The lowest BCUT2D eigenvalue weighted by Crippen LogP contribution is -2.39. The lowest BCUT2D eigenvalue weighted by Gasteiger charge is -2.35. The number of benzene rings is 1. The molecule has 0 saturated carbocycles. The summed E-state index contributed by atoms with van der Waals surface area (Å²) in [5.74, 6) is 0.808. The summed E-state index contributed by atoms with van der Waals surface area (Å²) in [6, 6.07) is 11.8. The summed E-state index contributed by atoms with van der Waals surface area (Å²) in [4.78, 5) is 27.7. The van der Waals surface area contributed by atoms with Gasteiger partial charge in [-0.2, -0.15) is 10.5 Å². The van der Waals surface area contributed by atoms with Crippen molar-refractivity contribution >= 4 is 34.7 Å². The Labute approximate surface area is 209 Å². The molecule has 0 bridgehead atoms. The lowest BCUT2D eigenvalue weighted by atomic mass is 9.91. The molecule has 1 aromatic carbocycles. The third-order valence-corrected chi connectivity index (χ3v) is 7.19. The summed E-state index contributed by atoms with van der Waals surface area (Å²) in [7, 11) is 0. The third-order valence-electron chi connectivity index (χ3n) is 6.06. The van der Waals surface area contributed by atoms with Crippen LogP contribution in [0, 0.1) is 34.5 Å². The standard InChI is InChI=1S/C26H32N6O2S/c1-4-32-25(34)23(35-26(32)22(14-28)24(33)29-10-9-27)15-30-21-7-5-6-20(13-21)8-11-31-16-18(2)12-19(3)17-31/h5-7,13,15,18-19,30H,4,8,10-12,16-17H2,1-3H3,(H,29,33)/b23-15+,26-22-.